The van der Waals surface area contributed by atoms with E-state index < -0.39 is 11.3 Å². The number of hydrogen-bond acceptors (Lipinski definition) is 2. The topological polar surface area (TPSA) is 44.6 Å². The van der Waals surface area contributed by atoms with Crippen LogP contribution in [0.15, 0.2) is 0 Å². The number of halogens is 1. The summed E-state index contributed by atoms with van der Waals surface area (Å²) in [5.41, 5.74) is 0. The smallest absolute Gasteiger partial charge is 0.0730 e. The monoisotopic (exact) mass is 377 g/mol. The third kappa shape index (κ3) is 28.8. The number of nitrogens with one attached hydrogen (secondary N) is 1. The molecule has 0 aromatic rings. The maximum atomic E-state index is 10.4. The second-order valence-electron chi connectivity index (χ2n) is 7.67. The average molecular weight is 378 g/mol. The second-order valence-corrected chi connectivity index (χ2v) is 8.20. The van der Waals surface area contributed by atoms with Crippen LogP contribution in [0.4, 0.5) is 0 Å². The van der Waals surface area contributed by atoms with E-state index in [1.165, 1.54) is 81.9 Å². The van der Waals surface area contributed by atoms with Gasteiger partial charge in [-0.25, -0.2) is 0 Å². The number of hydrogen-bond donors (Lipinski definition) is 1. The summed E-state index contributed by atoms with van der Waals surface area (Å²) in [5.74, 6) is -1.13. The van der Waals surface area contributed by atoms with Crippen molar-refractivity contribution in [3.05, 3.63) is 0 Å². The van der Waals surface area contributed by atoms with Crippen molar-refractivity contribution in [2.75, 3.05) is 21.1 Å². The van der Waals surface area contributed by atoms with Gasteiger partial charge in [0.05, 0.1) is 32.5 Å². The maximum Gasteiger partial charge on any atom is 0.0730 e. The first kappa shape index (κ1) is 26.9. The Bertz CT molecular complexity index is 270. The molecule has 0 aromatic heterocycles. The number of carbonyl (C=O) groups excluding carboxylic acids is 1. The van der Waals surface area contributed by atoms with E-state index in [0.717, 1.165) is 12.8 Å². The van der Waals surface area contributed by atoms with Crippen LogP contribution in [0.1, 0.15) is 103 Å². The molecule has 0 fully saturated rings. The number of unbranched alkanes of at least 4 members (excludes halogenated alkanes) is 13. The van der Waals surface area contributed by atoms with Gasteiger partial charge in [-0.05, 0) is 6.42 Å². The van der Waals surface area contributed by atoms with E-state index >= 15 is 0 Å². The molecule has 0 aliphatic heterocycles. The molecule has 3 nitrogen and oxygen atoms in total. The van der Waals surface area contributed by atoms with Crippen LogP contribution in [0.3, 0.4) is 0 Å². The van der Waals surface area contributed by atoms with E-state index in [-0.39, 0.29) is 0 Å². The lowest BCUT2D eigenvalue weighted by molar-refractivity contribution is -0.836. The van der Waals surface area contributed by atoms with E-state index in [1.807, 2.05) is 0 Å². The number of rotatable bonds is 16. The predicted molar refractivity (Wildman–Crippen MR) is 108 cm³/mol. The fraction of sp³-hybridized carbons (Fsp3) is 0.952. The SMILES string of the molecule is CCCCCCCCCCCCCCCCC(Cl)C(=O)[O-].C[NH+](C)C. The molecule has 4 heteroatoms. The zero-order valence-corrected chi connectivity index (χ0v) is 18.1. The first-order chi connectivity index (χ1) is 11.9. The highest BCUT2D eigenvalue weighted by molar-refractivity contribution is 6.29. The quantitative estimate of drug-likeness (QED) is 0.326. The normalized spacial score (nSPS) is 11.9. The van der Waals surface area contributed by atoms with Crippen LogP contribution in [-0.4, -0.2) is 32.5 Å². The zero-order chi connectivity index (χ0) is 19.3. The summed E-state index contributed by atoms with van der Waals surface area (Å²) in [7, 11) is 6.25. The van der Waals surface area contributed by atoms with Gasteiger partial charge in [0.1, 0.15) is 0 Å². The molecular weight excluding hydrogens is 334 g/mol. The second kappa shape index (κ2) is 21.8. The van der Waals surface area contributed by atoms with Crippen LogP contribution < -0.4 is 10.0 Å². The van der Waals surface area contributed by atoms with Crippen molar-refractivity contribution in [3.63, 3.8) is 0 Å². The minimum absolute atomic E-state index is 0.544. The molecule has 0 spiro atoms. The number of alkyl halides is 1. The minimum atomic E-state index is -1.13. The van der Waals surface area contributed by atoms with Gasteiger partial charge in [-0.15, -0.1) is 11.6 Å². The van der Waals surface area contributed by atoms with Crippen LogP contribution in [0.25, 0.3) is 0 Å². The van der Waals surface area contributed by atoms with Crippen molar-refractivity contribution < 1.29 is 14.8 Å². The van der Waals surface area contributed by atoms with Crippen molar-refractivity contribution in [3.8, 4) is 0 Å². The van der Waals surface area contributed by atoms with Gasteiger partial charge >= 0.3 is 0 Å². The van der Waals surface area contributed by atoms with Gasteiger partial charge in [-0.1, -0.05) is 96.8 Å². The summed E-state index contributed by atoms with van der Waals surface area (Å²) in [6.45, 7) is 2.26. The van der Waals surface area contributed by atoms with Gasteiger partial charge in [0.15, 0.2) is 0 Å². The Morgan fingerprint density at radius 1 is 0.760 bits per heavy atom. The summed E-state index contributed by atoms with van der Waals surface area (Å²) >= 11 is 5.60. The summed E-state index contributed by atoms with van der Waals surface area (Å²) in [5, 5.41) is 9.62. The summed E-state index contributed by atoms with van der Waals surface area (Å²) in [6.07, 6.45) is 18.8. The third-order valence-electron chi connectivity index (χ3n) is 4.07. The predicted octanol–water partition coefficient (Wildman–Crippen LogP) is 3.98. The first-order valence-corrected chi connectivity index (χ1v) is 11.0. The minimum Gasteiger partial charge on any atom is -0.549 e. The molecule has 1 N–H and O–H groups in total. The van der Waals surface area contributed by atoms with Crippen LogP contribution in [0.2, 0.25) is 0 Å². The van der Waals surface area contributed by atoms with Gasteiger partial charge in [0.2, 0.25) is 0 Å². The van der Waals surface area contributed by atoms with E-state index in [1.54, 1.807) is 0 Å². The van der Waals surface area contributed by atoms with Crippen LogP contribution in [0.5, 0.6) is 0 Å². The van der Waals surface area contributed by atoms with E-state index in [4.69, 9.17) is 11.6 Å². The lowest BCUT2D eigenvalue weighted by Crippen LogP contribution is -3.02. The van der Waals surface area contributed by atoms with Crippen LogP contribution >= 0.6 is 11.6 Å². The molecule has 1 atom stereocenters. The molecule has 0 saturated heterocycles. The molecule has 1 unspecified atom stereocenters. The van der Waals surface area contributed by atoms with Gasteiger partial charge < -0.3 is 14.8 Å². The molecule has 0 aromatic carbocycles. The molecular formula is C21H44ClNO2. The Balaban J connectivity index is 0. The van der Waals surface area contributed by atoms with Crippen molar-refractivity contribution in [2.45, 2.75) is 109 Å². The molecule has 0 saturated carbocycles. The van der Waals surface area contributed by atoms with E-state index in [9.17, 15) is 9.90 Å². The van der Waals surface area contributed by atoms with E-state index in [2.05, 4.69) is 28.1 Å². The van der Waals surface area contributed by atoms with Crippen LogP contribution in [-0.2, 0) is 4.79 Å². The third-order valence-corrected chi connectivity index (χ3v) is 4.46. The number of carboxylic acid groups (broad SMARTS) is 1. The fourth-order valence-corrected chi connectivity index (χ4v) is 2.79. The largest absolute Gasteiger partial charge is 0.549 e. The molecule has 0 bridgehead atoms. The zero-order valence-electron chi connectivity index (χ0n) is 17.4. The summed E-state index contributed by atoms with van der Waals surface area (Å²) < 4.78 is 0. The molecule has 0 aliphatic rings. The number of aliphatic carboxylic acids is 1. The number of carboxylic acids is 1. The number of carbonyl (C=O) groups is 1. The standard InChI is InChI=1S/C18H35ClO2.C3H9N/c1-2-3-4-5-6-7-8-9-10-11-12-13-14-15-16-17(19)18(20)21;1-4(2)3/h17H,2-16H2,1H3,(H,20,21);1-3H3. The van der Waals surface area contributed by atoms with Crippen molar-refractivity contribution in [1.82, 2.24) is 0 Å². The lowest BCUT2D eigenvalue weighted by Gasteiger charge is -2.09. The van der Waals surface area contributed by atoms with Crippen molar-refractivity contribution in [2.24, 2.45) is 0 Å². The van der Waals surface area contributed by atoms with Crippen molar-refractivity contribution in [1.29, 1.82) is 0 Å². The Hall–Kier alpha value is -0.280. The summed E-state index contributed by atoms with van der Waals surface area (Å²) in [6, 6.07) is 0. The molecule has 0 radical (unpaired) electrons. The Kier molecular flexibility index (Phi) is 23.5. The molecule has 0 amide bonds. The Labute approximate surface area is 162 Å². The highest BCUT2D eigenvalue weighted by Crippen LogP contribution is 2.14. The molecule has 0 aliphatic carbocycles. The van der Waals surface area contributed by atoms with Gasteiger partial charge in [-0.3, -0.25) is 0 Å². The summed E-state index contributed by atoms with van der Waals surface area (Å²) in [4.78, 5) is 11.8. The van der Waals surface area contributed by atoms with Crippen molar-refractivity contribution >= 4 is 17.6 Å². The Morgan fingerprint density at radius 3 is 1.32 bits per heavy atom. The number of quaternary nitrogens is 1. The highest BCUT2D eigenvalue weighted by atomic mass is 35.5. The molecule has 25 heavy (non-hydrogen) atoms. The highest BCUT2D eigenvalue weighted by Gasteiger charge is 2.04. The van der Waals surface area contributed by atoms with E-state index in [0.29, 0.717) is 6.42 Å². The van der Waals surface area contributed by atoms with Gasteiger partial charge in [0, 0.05) is 0 Å². The maximum absolute atomic E-state index is 10.4. The van der Waals surface area contributed by atoms with Gasteiger partial charge in [-0.2, -0.15) is 0 Å². The lowest BCUT2D eigenvalue weighted by atomic mass is 10.0. The fourth-order valence-electron chi connectivity index (χ4n) is 2.64. The average Bonchev–Trinajstić information content (AvgIpc) is 2.54. The van der Waals surface area contributed by atoms with Crippen LogP contribution in [0, 0.1) is 0 Å². The molecule has 0 heterocycles. The molecule has 0 rings (SSSR count). The van der Waals surface area contributed by atoms with Gasteiger partial charge in [0.25, 0.3) is 0 Å². The Morgan fingerprint density at radius 2 is 1.04 bits per heavy atom. The molecule has 152 valence electrons. The first-order valence-electron chi connectivity index (χ1n) is 10.5.